The first kappa shape index (κ1) is 33.0. The molecule has 0 radical (unpaired) electrons. The van der Waals surface area contributed by atoms with Gasteiger partial charge in [0.2, 0.25) is 0 Å². The summed E-state index contributed by atoms with van der Waals surface area (Å²) in [5.74, 6) is 0. The highest BCUT2D eigenvalue weighted by molar-refractivity contribution is 6.22. The van der Waals surface area contributed by atoms with Gasteiger partial charge in [0.05, 0.1) is 0 Å². The molecule has 1 aliphatic rings. The predicted molar refractivity (Wildman–Crippen MR) is 246 cm³/mol. The lowest BCUT2D eigenvalue weighted by atomic mass is 9.81. The Labute approximate surface area is 337 Å². The van der Waals surface area contributed by atoms with Crippen LogP contribution in [0.2, 0.25) is 0 Å². The van der Waals surface area contributed by atoms with Gasteiger partial charge < -0.3 is 4.42 Å². The number of hydrogen-bond acceptors (Lipinski definition) is 1. The molecule has 0 saturated heterocycles. The second-order valence-corrected chi connectivity index (χ2v) is 16.4. The zero-order chi connectivity index (χ0) is 38.5. The number of para-hydroxylation sites is 1. The van der Waals surface area contributed by atoms with Gasteiger partial charge in [-0.25, -0.2) is 0 Å². The Morgan fingerprint density at radius 1 is 0.310 bits per heavy atom. The van der Waals surface area contributed by atoms with Crippen molar-refractivity contribution in [3.63, 3.8) is 0 Å². The largest absolute Gasteiger partial charge is 0.456 e. The van der Waals surface area contributed by atoms with E-state index in [1.54, 1.807) is 0 Å². The Balaban J connectivity index is 1.04. The van der Waals surface area contributed by atoms with Crippen molar-refractivity contribution in [3.05, 3.63) is 205 Å². The molecular formula is C57H38O. The van der Waals surface area contributed by atoms with Gasteiger partial charge in [0.1, 0.15) is 11.2 Å². The van der Waals surface area contributed by atoms with Crippen molar-refractivity contribution in [3.8, 4) is 55.6 Å². The van der Waals surface area contributed by atoms with E-state index in [1.807, 2.05) is 12.1 Å². The topological polar surface area (TPSA) is 13.1 Å². The highest BCUT2D eigenvalue weighted by Crippen LogP contribution is 2.55. The fourth-order valence-corrected chi connectivity index (χ4v) is 10.1. The third-order valence-electron chi connectivity index (χ3n) is 12.8. The van der Waals surface area contributed by atoms with Gasteiger partial charge in [0.25, 0.3) is 0 Å². The fourth-order valence-electron chi connectivity index (χ4n) is 10.1. The van der Waals surface area contributed by atoms with Gasteiger partial charge in [-0.1, -0.05) is 178 Å². The molecule has 0 amide bonds. The summed E-state index contributed by atoms with van der Waals surface area (Å²) in [7, 11) is 0. The summed E-state index contributed by atoms with van der Waals surface area (Å²) in [5, 5.41) is 9.89. The van der Waals surface area contributed by atoms with Gasteiger partial charge in [-0.05, 0) is 129 Å². The maximum absolute atomic E-state index is 6.17. The molecule has 0 atom stereocenters. The molecule has 12 rings (SSSR count). The van der Waals surface area contributed by atoms with Gasteiger partial charge in [-0.15, -0.1) is 0 Å². The van der Waals surface area contributed by atoms with Crippen LogP contribution in [-0.4, -0.2) is 0 Å². The van der Waals surface area contributed by atoms with E-state index in [0.29, 0.717) is 0 Å². The van der Waals surface area contributed by atoms with Crippen LogP contribution in [0.3, 0.4) is 0 Å². The molecule has 0 fully saturated rings. The van der Waals surface area contributed by atoms with Crippen LogP contribution in [0.4, 0.5) is 0 Å². The predicted octanol–water partition coefficient (Wildman–Crippen LogP) is 16.0. The first-order valence-corrected chi connectivity index (χ1v) is 20.3. The lowest BCUT2D eigenvalue weighted by Gasteiger charge is -2.22. The molecule has 1 heteroatoms. The van der Waals surface area contributed by atoms with E-state index in [1.165, 1.54) is 99.1 Å². The summed E-state index contributed by atoms with van der Waals surface area (Å²) in [6, 6.07) is 71.5. The molecule has 1 aromatic heterocycles. The molecule has 0 aliphatic heterocycles. The lowest BCUT2D eigenvalue weighted by Crippen LogP contribution is -2.14. The minimum Gasteiger partial charge on any atom is -0.456 e. The number of rotatable bonds is 4. The average molecular weight is 739 g/mol. The molecule has 0 bridgehead atoms. The Morgan fingerprint density at radius 3 is 1.53 bits per heavy atom. The summed E-state index contributed by atoms with van der Waals surface area (Å²) in [6.07, 6.45) is 0. The molecule has 11 aromatic rings. The molecule has 0 spiro atoms. The molecular weight excluding hydrogens is 701 g/mol. The molecule has 1 aliphatic carbocycles. The quantitative estimate of drug-likeness (QED) is 0.164. The molecule has 0 N–H and O–H groups in total. The van der Waals surface area contributed by atoms with Crippen molar-refractivity contribution in [2.24, 2.45) is 0 Å². The summed E-state index contributed by atoms with van der Waals surface area (Å²) in [5.41, 5.74) is 17.1. The number of furan rings is 1. The zero-order valence-electron chi connectivity index (χ0n) is 32.4. The molecule has 58 heavy (non-hydrogen) atoms. The number of benzene rings is 10. The van der Waals surface area contributed by atoms with Crippen LogP contribution in [-0.2, 0) is 5.41 Å². The van der Waals surface area contributed by atoms with Gasteiger partial charge in [-0.2, -0.15) is 0 Å². The lowest BCUT2D eigenvalue weighted by molar-refractivity contribution is 0.661. The van der Waals surface area contributed by atoms with Crippen LogP contribution >= 0.6 is 0 Å². The van der Waals surface area contributed by atoms with Crippen LogP contribution in [0.5, 0.6) is 0 Å². The van der Waals surface area contributed by atoms with Gasteiger partial charge >= 0.3 is 0 Å². The highest BCUT2D eigenvalue weighted by atomic mass is 16.3. The summed E-state index contributed by atoms with van der Waals surface area (Å²) in [6.45, 7) is 4.75. The van der Waals surface area contributed by atoms with E-state index in [4.69, 9.17) is 4.42 Å². The van der Waals surface area contributed by atoms with Crippen molar-refractivity contribution >= 4 is 54.3 Å². The molecule has 0 saturated carbocycles. The monoisotopic (exact) mass is 738 g/mol. The van der Waals surface area contributed by atoms with Crippen LogP contribution < -0.4 is 0 Å². The summed E-state index contributed by atoms with van der Waals surface area (Å²) >= 11 is 0. The van der Waals surface area contributed by atoms with E-state index < -0.39 is 0 Å². The van der Waals surface area contributed by atoms with E-state index in [0.717, 1.165) is 21.9 Å². The SMILES string of the molecule is CC1(C)c2cccc(-c3cccc(-c4c5ccccc5c(-c5cccc(-c6ccc7oc8ccccc8c7c6)c5)c5ccccc45)c3)c2-c2c1ccc1ccccc21. The van der Waals surface area contributed by atoms with Crippen molar-refractivity contribution in [2.75, 3.05) is 0 Å². The van der Waals surface area contributed by atoms with Crippen molar-refractivity contribution in [1.82, 2.24) is 0 Å². The smallest absolute Gasteiger partial charge is 0.135 e. The molecule has 1 heterocycles. The third-order valence-corrected chi connectivity index (χ3v) is 12.8. The van der Waals surface area contributed by atoms with Gasteiger partial charge in [-0.3, -0.25) is 0 Å². The van der Waals surface area contributed by atoms with Crippen LogP contribution in [0, 0.1) is 0 Å². The summed E-state index contributed by atoms with van der Waals surface area (Å²) in [4.78, 5) is 0. The van der Waals surface area contributed by atoms with Crippen LogP contribution in [0.1, 0.15) is 25.0 Å². The molecule has 10 aromatic carbocycles. The minimum atomic E-state index is -0.0950. The van der Waals surface area contributed by atoms with E-state index in [-0.39, 0.29) is 5.41 Å². The minimum absolute atomic E-state index is 0.0950. The first-order chi connectivity index (χ1) is 28.5. The van der Waals surface area contributed by atoms with E-state index in [9.17, 15) is 0 Å². The van der Waals surface area contributed by atoms with E-state index in [2.05, 4.69) is 196 Å². The number of hydrogen-bond donors (Lipinski definition) is 0. The van der Waals surface area contributed by atoms with Crippen molar-refractivity contribution < 1.29 is 4.42 Å². The normalized spacial score (nSPS) is 13.1. The summed E-state index contributed by atoms with van der Waals surface area (Å²) < 4.78 is 6.17. The maximum Gasteiger partial charge on any atom is 0.135 e. The molecule has 1 nitrogen and oxygen atoms in total. The molecule has 272 valence electrons. The standard InChI is InChI=1S/C57H38O/c1-57(2)49-26-13-25-42(56(49)55-41-19-4-3-14-35(41)28-30-50(55)57)38-16-12-18-40(33-38)54-46-23-7-5-21-44(46)53(45-22-6-8-24-47(45)54)39-17-11-15-36(32-39)37-29-31-52-48(34-37)43-20-9-10-27-51(43)58-52/h3-34H,1-2H3. The second kappa shape index (κ2) is 12.4. The Hall–Kier alpha value is -7.22. The maximum atomic E-state index is 6.17. The van der Waals surface area contributed by atoms with Gasteiger partial charge in [0, 0.05) is 16.2 Å². The Morgan fingerprint density at radius 2 is 0.828 bits per heavy atom. The molecule has 0 unspecified atom stereocenters. The average Bonchev–Trinajstić information content (AvgIpc) is 3.77. The third kappa shape index (κ3) is 4.77. The first-order valence-electron chi connectivity index (χ1n) is 20.3. The Bertz CT molecular complexity index is 3430. The van der Waals surface area contributed by atoms with Gasteiger partial charge in [0.15, 0.2) is 0 Å². The van der Waals surface area contributed by atoms with E-state index >= 15 is 0 Å². The fraction of sp³-hybridized carbons (Fsp3) is 0.0526. The highest BCUT2D eigenvalue weighted by Gasteiger charge is 2.38. The number of fused-ring (bicyclic) bond motifs is 10. The van der Waals surface area contributed by atoms with Crippen LogP contribution in [0.15, 0.2) is 199 Å². The van der Waals surface area contributed by atoms with Crippen LogP contribution in [0.25, 0.3) is 110 Å². The van der Waals surface area contributed by atoms with Crippen molar-refractivity contribution in [1.29, 1.82) is 0 Å². The zero-order valence-corrected chi connectivity index (χ0v) is 32.4. The Kier molecular flexibility index (Phi) is 7.04. The van der Waals surface area contributed by atoms with Crippen molar-refractivity contribution in [2.45, 2.75) is 19.3 Å². The second-order valence-electron chi connectivity index (χ2n) is 16.4.